The van der Waals surface area contributed by atoms with Crippen molar-refractivity contribution in [2.24, 2.45) is 0 Å². The third kappa shape index (κ3) is 3.85. The first kappa shape index (κ1) is 16.5. The van der Waals surface area contributed by atoms with E-state index in [1.807, 2.05) is 6.92 Å². The van der Waals surface area contributed by atoms with Crippen LogP contribution in [0.4, 0.5) is 0 Å². The van der Waals surface area contributed by atoms with Gasteiger partial charge in [0.1, 0.15) is 5.58 Å². The zero-order valence-electron chi connectivity index (χ0n) is 12.9. The number of carbonyl (C=O) groups excluding carboxylic acids is 2. The number of carbonyl (C=O) groups is 2. The van der Waals surface area contributed by atoms with Gasteiger partial charge < -0.3 is 14.5 Å². The van der Waals surface area contributed by atoms with Gasteiger partial charge in [0.25, 0.3) is 5.91 Å². The number of fused-ring (bicyclic) bond motifs is 1. The van der Waals surface area contributed by atoms with Crippen LogP contribution in [0.3, 0.4) is 0 Å². The SMILES string of the molecule is C=CCNC(=O)[C@H](C)OC(=O)c1cc(=O)c2cc(C)ccc2o1. The number of hydrogen-bond donors (Lipinski definition) is 1. The number of nitrogens with one attached hydrogen (secondary N) is 1. The van der Waals surface area contributed by atoms with E-state index in [2.05, 4.69) is 11.9 Å². The summed E-state index contributed by atoms with van der Waals surface area (Å²) in [6.45, 7) is 7.02. The summed E-state index contributed by atoms with van der Waals surface area (Å²) in [5.74, 6) is -1.57. The zero-order chi connectivity index (χ0) is 17.0. The lowest BCUT2D eigenvalue weighted by atomic mass is 10.1. The van der Waals surface area contributed by atoms with Crippen LogP contribution in [-0.2, 0) is 9.53 Å². The smallest absolute Gasteiger partial charge is 0.375 e. The predicted octanol–water partition coefficient (Wildman–Crippen LogP) is 1.95. The molecule has 120 valence electrons. The lowest BCUT2D eigenvalue weighted by Gasteiger charge is -2.12. The molecule has 0 saturated heterocycles. The van der Waals surface area contributed by atoms with Crippen LogP contribution in [0, 0.1) is 6.92 Å². The van der Waals surface area contributed by atoms with Gasteiger partial charge in [0, 0.05) is 12.6 Å². The number of aryl methyl sites for hydroxylation is 1. The standard InChI is InChI=1S/C17H17NO5/c1-4-7-18-16(20)11(3)22-17(21)15-9-13(19)12-8-10(2)5-6-14(12)23-15/h4-6,8-9,11H,1,7H2,2-3H3,(H,18,20)/t11-/m0/s1. The molecule has 23 heavy (non-hydrogen) atoms. The van der Waals surface area contributed by atoms with E-state index in [-0.39, 0.29) is 17.7 Å². The molecule has 6 heteroatoms. The maximum absolute atomic E-state index is 12.1. The summed E-state index contributed by atoms with van der Waals surface area (Å²) in [4.78, 5) is 35.8. The van der Waals surface area contributed by atoms with E-state index < -0.39 is 18.0 Å². The van der Waals surface area contributed by atoms with E-state index in [0.29, 0.717) is 11.0 Å². The largest absolute Gasteiger partial charge is 0.449 e. The van der Waals surface area contributed by atoms with Gasteiger partial charge in [-0.05, 0) is 26.0 Å². The number of benzene rings is 1. The Morgan fingerprint density at radius 2 is 2.13 bits per heavy atom. The van der Waals surface area contributed by atoms with Crippen molar-refractivity contribution in [1.29, 1.82) is 0 Å². The Labute approximate surface area is 132 Å². The highest BCUT2D eigenvalue weighted by molar-refractivity contribution is 5.91. The van der Waals surface area contributed by atoms with Gasteiger partial charge in [-0.1, -0.05) is 17.7 Å². The Kier molecular flexibility index (Phi) is 4.95. The second kappa shape index (κ2) is 6.91. The van der Waals surface area contributed by atoms with Crippen molar-refractivity contribution in [2.45, 2.75) is 20.0 Å². The summed E-state index contributed by atoms with van der Waals surface area (Å²) in [5.41, 5.74) is 0.858. The van der Waals surface area contributed by atoms with Crippen LogP contribution in [0.1, 0.15) is 23.0 Å². The zero-order valence-corrected chi connectivity index (χ0v) is 12.9. The van der Waals surface area contributed by atoms with Gasteiger partial charge in [-0.3, -0.25) is 9.59 Å². The van der Waals surface area contributed by atoms with Crippen LogP contribution >= 0.6 is 0 Å². The van der Waals surface area contributed by atoms with E-state index in [9.17, 15) is 14.4 Å². The van der Waals surface area contributed by atoms with E-state index in [0.717, 1.165) is 11.6 Å². The van der Waals surface area contributed by atoms with Gasteiger partial charge in [-0.2, -0.15) is 0 Å². The quantitative estimate of drug-likeness (QED) is 0.673. The first-order chi connectivity index (χ1) is 10.9. The fourth-order valence-electron chi connectivity index (χ4n) is 1.96. The number of rotatable bonds is 5. The molecule has 0 radical (unpaired) electrons. The predicted molar refractivity (Wildman–Crippen MR) is 85.3 cm³/mol. The van der Waals surface area contributed by atoms with Gasteiger partial charge >= 0.3 is 5.97 Å². The topological polar surface area (TPSA) is 85.6 Å². The molecule has 1 N–H and O–H groups in total. The maximum atomic E-state index is 12.1. The average Bonchev–Trinajstić information content (AvgIpc) is 2.52. The van der Waals surface area contributed by atoms with Crippen LogP contribution in [0.2, 0.25) is 0 Å². The molecule has 1 amide bonds. The molecule has 1 heterocycles. The minimum Gasteiger partial charge on any atom is -0.449 e. The molecule has 0 unspecified atom stereocenters. The number of amides is 1. The lowest BCUT2D eigenvalue weighted by Crippen LogP contribution is -2.35. The highest BCUT2D eigenvalue weighted by Gasteiger charge is 2.21. The van der Waals surface area contributed by atoms with Crippen LogP contribution in [-0.4, -0.2) is 24.5 Å². The summed E-state index contributed by atoms with van der Waals surface area (Å²) in [7, 11) is 0. The van der Waals surface area contributed by atoms with Crippen LogP contribution in [0.25, 0.3) is 11.0 Å². The Bertz CT molecular complexity index is 821. The molecule has 6 nitrogen and oxygen atoms in total. The van der Waals surface area contributed by atoms with Crippen molar-refractivity contribution in [2.75, 3.05) is 6.54 Å². The fraction of sp³-hybridized carbons (Fsp3) is 0.235. The van der Waals surface area contributed by atoms with Crippen molar-refractivity contribution in [3.63, 3.8) is 0 Å². The minimum absolute atomic E-state index is 0.241. The molecule has 0 aliphatic rings. The van der Waals surface area contributed by atoms with Gasteiger partial charge in [0.2, 0.25) is 5.76 Å². The summed E-state index contributed by atoms with van der Waals surface area (Å²) in [6.07, 6.45) is 0.498. The summed E-state index contributed by atoms with van der Waals surface area (Å²) < 4.78 is 10.4. The van der Waals surface area contributed by atoms with Gasteiger partial charge in [0.15, 0.2) is 11.5 Å². The summed E-state index contributed by atoms with van der Waals surface area (Å²) in [6, 6.07) is 6.13. The van der Waals surface area contributed by atoms with E-state index in [1.54, 1.807) is 18.2 Å². The third-order valence-electron chi connectivity index (χ3n) is 3.16. The van der Waals surface area contributed by atoms with E-state index in [4.69, 9.17) is 9.15 Å². The molecular weight excluding hydrogens is 298 g/mol. The first-order valence-corrected chi connectivity index (χ1v) is 7.06. The van der Waals surface area contributed by atoms with E-state index in [1.165, 1.54) is 13.0 Å². The molecule has 0 aliphatic carbocycles. The number of ether oxygens (including phenoxy) is 1. The number of hydrogen-bond acceptors (Lipinski definition) is 5. The van der Waals surface area contributed by atoms with Gasteiger partial charge in [0.05, 0.1) is 5.39 Å². The van der Waals surface area contributed by atoms with Crippen molar-refractivity contribution in [1.82, 2.24) is 5.32 Å². The molecule has 0 bridgehead atoms. The highest BCUT2D eigenvalue weighted by atomic mass is 16.6. The molecule has 1 aromatic heterocycles. The molecule has 1 atom stereocenters. The lowest BCUT2D eigenvalue weighted by molar-refractivity contribution is -0.128. The Hall–Kier alpha value is -2.89. The van der Waals surface area contributed by atoms with Crippen LogP contribution < -0.4 is 10.7 Å². The Balaban J connectivity index is 2.21. The molecule has 0 spiro atoms. The summed E-state index contributed by atoms with van der Waals surface area (Å²) in [5, 5.41) is 2.90. The normalized spacial score (nSPS) is 11.7. The maximum Gasteiger partial charge on any atom is 0.375 e. The molecule has 2 rings (SSSR count). The van der Waals surface area contributed by atoms with Crippen molar-refractivity contribution in [3.8, 4) is 0 Å². The number of esters is 1. The first-order valence-electron chi connectivity index (χ1n) is 7.06. The van der Waals surface area contributed by atoms with Crippen molar-refractivity contribution in [3.05, 3.63) is 58.5 Å². The fourth-order valence-corrected chi connectivity index (χ4v) is 1.96. The third-order valence-corrected chi connectivity index (χ3v) is 3.16. The Morgan fingerprint density at radius 1 is 1.39 bits per heavy atom. The van der Waals surface area contributed by atoms with Crippen molar-refractivity contribution >= 4 is 22.8 Å². The minimum atomic E-state index is -1.01. The molecule has 0 fully saturated rings. The molecule has 0 saturated carbocycles. The summed E-state index contributed by atoms with van der Waals surface area (Å²) >= 11 is 0. The van der Waals surface area contributed by atoms with Crippen LogP contribution in [0.5, 0.6) is 0 Å². The molecule has 2 aromatic rings. The Morgan fingerprint density at radius 3 is 2.83 bits per heavy atom. The monoisotopic (exact) mass is 315 g/mol. The molecular formula is C17H17NO5. The van der Waals surface area contributed by atoms with Crippen molar-refractivity contribution < 1.29 is 18.7 Å². The molecule has 1 aromatic carbocycles. The molecule has 0 aliphatic heterocycles. The van der Waals surface area contributed by atoms with E-state index >= 15 is 0 Å². The van der Waals surface area contributed by atoms with Crippen LogP contribution in [0.15, 0.2) is 46.1 Å². The highest BCUT2D eigenvalue weighted by Crippen LogP contribution is 2.15. The average molecular weight is 315 g/mol. The van der Waals surface area contributed by atoms with Gasteiger partial charge in [-0.15, -0.1) is 6.58 Å². The second-order valence-corrected chi connectivity index (χ2v) is 5.06. The van der Waals surface area contributed by atoms with Gasteiger partial charge in [-0.25, -0.2) is 4.79 Å². The second-order valence-electron chi connectivity index (χ2n) is 5.06.